The van der Waals surface area contributed by atoms with E-state index >= 15 is 0 Å². The smallest absolute Gasteiger partial charge is 0.329 e. The van der Waals surface area contributed by atoms with Crippen LogP contribution in [0.3, 0.4) is 0 Å². The van der Waals surface area contributed by atoms with E-state index in [2.05, 4.69) is 43.9 Å². The molecule has 0 bridgehead atoms. The summed E-state index contributed by atoms with van der Waals surface area (Å²) in [6.07, 6.45) is 4.26. The van der Waals surface area contributed by atoms with Crippen molar-refractivity contribution in [2.24, 2.45) is 0 Å². The molecule has 0 saturated carbocycles. The Balaban J connectivity index is 1.51. The second-order valence-corrected chi connectivity index (χ2v) is 14.1. The van der Waals surface area contributed by atoms with Crippen molar-refractivity contribution in [2.75, 3.05) is 25.1 Å². The van der Waals surface area contributed by atoms with Crippen molar-refractivity contribution in [1.82, 2.24) is 9.80 Å². The quantitative estimate of drug-likeness (QED) is 0.204. The normalized spacial score (nSPS) is 15.6. The Bertz CT molecular complexity index is 1770. The van der Waals surface area contributed by atoms with E-state index in [1.54, 1.807) is 30.2 Å². The van der Waals surface area contributed by atoms with E-state index in [0.717, 1.165) is 65.2 Å². The third-order valence-electron chi connectivity index (χ3n) is 8.88. The average Bonchev–Trinajstić information content (AvgIpc) is 3.03. The van der Waals surface area contributed by atoms with Gasteiger partial charge in [0.2, 0.25) is 0 Å². The number of nitrogens with zero attached hydrogens (tertiary/aromatic N) is 3. The second kappa shape index (κ2) is 13.3. The summed E-state index contributed by atoms with van der Waals surface area (Å²) < 4.78 is 5.35. The van der Waals surface area contributed by atoms with E-state index in [-0.39, 0.29) is 11.6 Å². The number of carbonyl (C=O) groups is 1. The zero-order valence-corrected chi connectivity index (χ0v) is 28.9. The van der Waals surface area contributed by atoms with Crippen LogP contribution in [-0.2, 0) is 13.1 Å². The lowest BCUT2D eigenvalue weighted by Crippen LogP contribution is -2.45. The molecule has 1 saturated heterocycles. The lowest BCUT2D eigenvalue weighted by atomic mass is 9.91. The number of carbonyl (C=O) groups excluding carboxylic acids is 1. The number of para-hydroxylation sites is 1. The first-order valence-electron chi connectivity index (χ1n) is 15.6. The molecule has 0 unspecified atom stereocenters. The zero-order valence-electron chi connectivity index (χ0n) is 26.6. The molecule has 4 aromatic carbocycles. The molecule has 8 heteroatoms. The second-order valence-electron chi connectivity index (χ2n) is 12.9. The number of hydrogen-bond acceptors (Lipinski definition) is 3. The molecule has 6 rings (SSSR count). The number of benzene rings is 4. The lowest BCUT2D eigenvalue weighted by Gasteiger charge is -2.39. The van der Waals surface area contributed by atoms with Crippen LogP contribution in [0.1, 0.15) is 50.3 Å². The predicted molar refractivity (Wildman–Crippen MR) is 192 cm³/mol. The maximum atomic E-state index is 14.5. The summed E-state index contributed by atoms with van der Waals surface area (Å²) in [5.74, 6) is 0.760. The van der Waals surface area contributed by atoms with Crippen molar-refractivity contribution in [1.29, 1.82) is 0 Å². The van der Waals surface area contributed by atoms with Gasteiger partial charge in [0, 0.05) is 41.3 Å². The Morgan fingerprint density at radius 2 is 1.48 bits per heavy atom. The van der Waals surface area contributed by atoms with Gasteiger partial charge in [-0.25, -0.2) is 4.79 Å². The summed E-state index contributed by atoms with van der Waals surface area (Å²) >= 11 is 20.5. The van der Waals surface area contributed by atoms with Crippen molar-refractivity contribution in [3.8, 4) is 16.9 Å². The standard InChI is InChI=1S/C38H38Cl3N3O2/c1-38(2,3)43-18-16-25(17-19-43)20-27-21-30(29-8-5-6-9-32(29)39)31-24-42(23-26-12-14-28(46-4)15-13-26)37(45)44(35(31)22-27)36-33(40)10-7-11-34(36)41/h5-15,20-22H,16-19,23-24H2,1-4H3. The Labute approximate surface area is 286 Å². The van der Waals surface area contributed by atoms with Gasteiger partial charge in [0.1, 0.15) is 5.75 Å². The minimum Gasteiger partial charge on any atom is -0.497 e. The highest BCUT2D eigenvalue weighted by Gasteiger charge is 2.36. The molecule has 4 aromatic rings. The van der Waals surface area contributed by atoms with Gasteiger partial charge < -0.3 is 9.64 Å². The third-order valence-corrected chi connectivity index (χ3v) is 9.82. The van der Waals surface area contributed by atoms with E-state index in [1.807, 2.05) is 53.4 Å². The lowest BCUT2D eigenvalue weighted by molar-refractivity contribution is 0.126. The van der Waals surface area contributed by atoms with Gasteiger partial charge in [-0.1, -0.05) is 82.9 Å². The monoisotopic (exact) mass is 673 g/mol. The fraction of sp³-hybridized carbons (Fsp3) is 0.289. The van der Waals surface area contributed by atoms with Gasteiger partial charge in [0.05, 0.1) is 35.1 Å². The molecule has 0 aliphatic carbocycles. The number of urea groups is 1. The van der Waals surface area contributed by atoms with Gasteiger partial charge in [0.25, 0.3) is 0 Å². The minimum atomic E-state index is -0.202. The summed E-state index contributed by atoms with van der Waals surface area (Å²) in [6, 6.07) is 25.0. The Kier molecular flexibility index (Phi) is 9.40. The van der Waals surface area contributed by atoms with Crippen LogP contribution in [-0.4, -0.2) is 41.6 Å². The molecule has 238 valence electrons. The maximum absolute atomic E-state index is 14.5. The molecule has 46 heavy (non-hydrogen) atoms. The molecule has 0 aromatic heterocycles. The number of piperidine rings is 1. The highest BCUT2D eigenvalue weighted by molar-refractivity contribution is 6.40. The van der Waals surface area contributed by atoms with Crippen LogP contribution in [0.25, 0.3) is 17.2 Å². The number of hydrogen-bond donors (Lipinski definition) is 0. The molecule has 0 radical (unpaired) electrons. The SMILES string of the molecule is COc1ccc(CN2Cc3c(-c4ccccc4Cl)cc(C=C4CCN(C(C)(C)C)CC4)cc3N(c3c(Cl)cccc3Cl)C2=O)cc1. The Morgan fingerprint density at radius 1 is 0.826 bits per heavy atom. The van der Waals surface area contributed by atoms with Crippen molar-refractivity contribution < 1.29 is 9.53 Å². The fourth-order valence-corrected chi connectivity index (χ4v) is 7.19. The number of halogens is 3. The van der Waals surface area contributed by atoms with Crippen molar-refractivity contribution in [3.63, 3.8) is 0 Å². The number of anilines is 2. The van der Waals surface area contributed by atoms with Crippen LogP contribution >= 0.6 is 34.8 Å². The Morgan fingerprint density at radius 3 is 2.11 bits per heavy atom. The van der Waals surface area contributed by atoms with E-state index in [1.165, 1.54) is 5.57 Å². The molecule has 0 N–H and O–H groups in total. The molecule has 2 aliphatic heterocycles. The largest absolute Gasteiger partial charge is 0.497 e. The molecular weight excluding hydrogens is 637 g/mol. The average molecular weight is 675 g/mol. The van der Waals surface area contributed by atoms with Gasteiger partial charge in [0.15, 0.2) is 0 Å². The van der Waals surface area contributed by atoms with Crippen molar-refractivity contribution >= 4 is 58.3 Å². The first kappa shape index (κ1) is 32.5. The molecule has 0 spiro atoms. The molecule has 2 amide bonds. The maximum Gasteiger partial charge on any atom is 0.329 e. The number of amides is 2. The van der Waals surface area contributed by atoms with Crippen molar-refractivity contribution in [2.45, 2.75) is 52.2 Å². The first-order chi connectivity index (χ1) is 22.0. The van der Waals surface area contributed by atoms with Crippen LogP contribution in [0.2, 0.25) is 15.1 Å². The zero-order chi connectivity index (χ0) is 32.6. The topological polar surface area (TPSA) is 36.0 Å². The van der Waals surface area contributed by atoms with Gasteiger partial charge in [-0.2, -0.15) is 0 Å². The third kappa shape index (κ3) is 6.65. The Hall–Kier alpha value is -3.48. The van der Waals surface area contributed by atoms with E-state index in [4.69, 9.17) is 39.5 Å². The summed E-state index contributed by atoms with van der Waals surface area (Å²) in [7, 11) is 1.64. The molecule has 0 atom stereocenters. The first-order valence-corrected chi connectivity index (χ1v) is 16.7. The molecule has 5 nitrogen and oxygen atoms in total. The van der Waals surface area contributed by atoms with E-state index < -0.39 is 0 Å². The molecule has 2 heterocycles. The molecular formula is C38H38Cl3N3O2. The van der Waals surface area contributed by atoms with Crippen LogP contribution in [0, 0.1) is 0 Å². The fourth-order valence-electron chi connectivity index (χ4n) is 6.39. The predicted octanol–water partition coefficient (Wildman–Crippen LogP) is 10.9. The number of ether oxygens (including phenoxy) is 1. The van der Waals surface area contributed by atoms with Gasteiger partial charge in [-0.15, -0.1) is 0 Å². The number of likely N-dealkylation sites (tertiary alicyclic amines) is 1. The summed E-state index contributed by atoms with van der Waals surface area (Å²) in [6.45, 7) is 9.60. The van der Waals surface area contributed by atoms with Crippen LogP contribution in [0.4, 0.5) is 16.2 Å². The summed E-state index contributed by atoms with van der Waals surface area (Å²) in [5.41, 5.74) is 7.59. The van der Waals surface area contributed by atoms with Crippen molar-refractivity contribution in [3.05, 3.63) is 116 Å². The number of rotatable bonds is 6. The van der Waals surface area contributed by atoms with E-state index in [0.29, 0.717) is 33.8 Å². The highest BCUT2D eigenvalue weighted by Crippen LogP contribution is 2.47. The van der Waals surface area contributed by atoms with Crippen LogP contribution in [0.15, 0.2) is 84.4 Å². The van der Waals surface area contributed by atoms with Crippen LogP contribution < -0.4 is 9.64 Å². The summed E-state index contributed by atoms with van der Waals surface area (Å²) in [5, 5.41) is 1.44. The molecule has 2 aliphatic rings. The highest BCUT2D eigenvalue weighted by atomic mass is 35.5. The summed E-state index contributed by atoms with van der Waals surface area (Å²) in [4.78, 5) is 20.6. The number of methoxy groups -OCH3 is 1. The molecule has 1 fully saturated rings. The van der Waals surface area contributed by atoms with Gasteiger partial charge >= 0.3 is 6.03 Å². The number of fused-ring (bicyclic) bond motifs is 1. The van der Waals surface area contributed by atoms with Gasteiger partial charge in [-0.05, 0) is 92.8 Å². The van der Waals surface area contributed by atoms with E-state index in [9.17, 15) is 4.79 Å². The van der Waals surface area contributed by atoms with Gasteiger partial charge in [-0.3, -0.25) is 9.80 Å². The van der Waals surface area contributed by atoms with Crippen LogP contribution in [0.5, 0.6) is 5.75 Å². The minimum absolute atomic E-state index is 0.140.